The Labute approximate surface area is 258 Å². The molecule has 1 aromatic heterocycles. The Morgan fingerprint density at radius 3 is 2.52 bits per heavy atom. The van der Waals surface area contributed by atoms with E-state index in [0.29, 0.717) is 22.9 Å². The summed E-state index contributed by atoms with van der Waals surface area (Å²) in [6.45, 7) is 4.49. The smallest absolute Gasteiger partial charge is 0.407 e. The standard InChI is InChI=1S/C33H45N3O8/c1-33(2)13-9-12-21-14-23-24(16-26(21)40-3)34-28(41-4)17-27(23)44-22-15-25(31(38)42-5)36(18-22)30(37)29(35-32(39)43-19-33)20-10-7-6-8-11-20/h14,16-17,20,22,25,29H,6-13,15,18-19H2,1-5H3,(H,35,39)/t22-,25-,29-/m0/s1. The van der Waals surface area contributed by atoms with E-state index >= 15 is 0 Å². The van der Waals surface area contributed by atoms with Crippen LogP contribution < -0.4 is 19.5 Å². The van der Waals surface area contributed by atoms with E-state index in [4.69, 9.17) is 23.7 Å². The number of nitrogens with zero attached hydrogens (tertiary/aromatic N) is 2. The van der Waals surface area contributed by atoms with Gasteiger partial charge in [-0.3, -0.25) is 4.79 Å². The lowest BCUT2D eigenvalue weighted by Gasteiger charge is -2.34. The Morgan fingerprint density at radius 2 is 1.82 bits per heavy atom. The summed E-state index contributed by atoms with van der Waals surface area (Å²) >= 11 is 0. The van der Waals surface area contributed by atoms with Crippen LogP contribution in [0.4, 0.5) is 4.79 Å². The molecule has 11 heteroatoms. The van der Waals surface area contributed by atoms with Crippen molar-refractivity contribution < 1.29 is 38.1 Å². The quantitative estimate of drug-likeness (QED) is 0.485. The first-order chi connectivity index (χ1) is 21.1. The van der Waals surface area contributed by atoms with Gasteiger partial charge in [0.2, 0.25) is 11.8 Å². The van der Waals surface area contributed by atoms with Crippen molar-refractivity contribution in [1.29, 1.82) is 0 Å². The number of cyclic esters (lactones) is 1. The van der Waals surface area contributed by atoms with Gasteiger partial charge in [0.15, 0.2) is 0 Å². The number of esters is 1. The largest absolute Gasteiger partial charge is 0.496 e. The number of hydrogen-bond donors (Lipinski definition) is 1. The number of pyridine rings is 1. The number of alkyl carbamates (subject to hydrolysis) is 1. The number of methoxy groups -OCH3 is 3. The molecule has 2 amide bonds. The summed E-state index contributed by atoms with van der Waals surface area (Å²) in [6.07, 6.45) is 6.16. The fourth-order valence-corrected chi connectivity index (χ4v) is 6.78. The molecular weight excluding hydrogens is 566 g/mol. The zero-order valence-electron chi connectivity index (χ0n) is 26.5. The third-order valence-corrected chi connectivity index (χ3v) is 9.23. The van der Waals surface area contributed by atoms with Gasteiger partial charge in [0.05, 0.1) is 40.0 Å². The Bertz CT molecular complexity index is 1370. The van der Waals surface area contributed by atoms with Crippen LogP contribution in [0.5, 0.6) is 17.4 Å². The van der Waals surface area contributed by atoms with Crippen LogP contribution >= 0.6 is 0 Å². The summed E-state index contributed by atoms with van der Waals surface area (Å²) in [4.78, 5) is 46.6. The molecule has 11 nitrogen and oxygen atoms in total. The zero-order valence-corrected chi connectivity index (χ0v) is 26.5. The van der Waals surface area contributed by atoms with Crippen molar-refractivity contribution >= 4 is 28.9 Å². The van der Waals surface area contributed by atoms with Crippen molar-refractivity contribution in [3.63, 3.8) is 0 Å². The third-order valence-electron chi connectivity index (χ3n) is 9.23. The highest BCUT2D eigenvalue weighted by molar-refractivity contribution is 5.91. The summed E-state index contributed by atoms with van der Waals surface area (Å²) in [5.41, 5.74) is 1.36. The average molecular weight is 612 g/mol. The molecule has 3 aliphatic rings. The lowest BCUT2D eigenvalue weighted by molar-refractivity contribution is -0.152. The van der Waals surface area contributed by atoms with Crippen molar-refractivity contribution in [3.8, 4) is 17.4 Å². The molecule has 240 valence electrons. The minimum atomic E-state index is -0.854. The van der Waals surface area contributed by atoms with E-state index in [1.807, 2.05) is 12.1 Å². The molecule has 1 saturated heterocycles. The predicted octanol–water partition coefficient (Wildman–Crippen LogP) is 4.81. The van der Waals surface area contributed by atoms with Gasteiger partial charge in [-0.15, -0.1) is 0 Å². The fourth-order valence-electron chi connectivity index (χ4n) is 6.78. The normalized spacial score (nSPS) is 24.9. The molecular formula is C33H45N3O8. The van der Waals surface area contributed by atoms with Gasteiger partial charge in [0, 0.05) is 23.9 Å². The summed E-state index contributed by atoms with van der Waals surface area (Å²) in [5.74, 6) is 0.741. The first kappa shape index (κ1) is 31.7. The summed E-state index contributed by atoms with van der Waals surface area (Å²) in [6, 6.07) is 3.99. The summed E-state index contributed by atoms with van der Waals surface area (Å²) in [5, 5.41) is 3.69. The predicted molar refractivity (Wildman–Crippen MR) is 163 cm³/mol. The van der Waals surface area contributed by atoms with E-state index < -0.39 is 30.3 Å². The zero-order chi connectivity index (χ0) is 31.4. The maximum Gasteiger partial charge on any atom is 0.407 e. The van der Waals surface area contributed by atoms with Crippen LogP contribution in [-0.4, -0.2) is 80.5 Å². The molecule has 2 aliphatic heterocycles. The first-order valence-electron chi connectivity index (χ1n) is 15.7. The second-order valence-corrected chi connectivity index (χ2v) is 13.0. The van der Waals surface area contributed by atoms with Gasteiger partial charge >= 0.3 is 12.1 Å². The minimum Gasteiger partial charge on any atom is -0.496 e. The van der Waals surface area contributed by atoms with Gasteiger partial charge in [-0.05, 0) is 55.1 Å². The molecule has 1 saturated carbocycles. The van der Waals surface area contributed by atoms with E-state index in [9.17, 15) is 14.4 Å². The molecule has 2 fully saturated rings. The number of nitrogens with one attached hydrogen (secondary N) is 1. The van der Waals surface area contributed by atoms with Gasteiger partial charge in [0.1, 0.15) is 29.7 Å². The molecule has 3 atom stereocenters. The van der Waals surface area contributed by atoms with Crippen LogP contribution in [0, 0.1) is 11.3 Å². The van der Waals surface area contributed by atoms with E-state index in [1.54, 1.807) is 20.3 Å². The highest BCUT2D eigenvalue weighted by Crippen LogP contribution is 2.37. The number of carbonyl (C=O) groups is 3. The number of aromatic nitrogens is 1. The lowest BCUT2D eigenvalue weighted by Crippen LogP contribution is -2.55. The summed E-state index contributed by atoms with van der Waals surface area (Å²) in [7, 11) is 4.49. The van der Waals surface area contributed by atoms with Gasteiger partial charge in [-0.2, -0.15) is 0 Å². The molecule has 0 radical (unpaired) electrons. The van der Waals surface area contributed by atoms with E-state index in [0.717, 1.165) is 62.3 Å². The Kier molecular flexibility index (Phi) is 9.70. The maximum atomic E-state index is 14.3. The van der Waals surface area contributed by atoms with Crippen molar-refractivity contribution in [1.82, 2.24) is 15.2 Å². The van der Waals surface area contributed by atoms with Crippen LogP contribution in [0.2, 0.25) is 0 Å². The third kappa shape index (κ3) is 6.97. The fraction of sp³-hybridized carbons (Fsp3) is 0.636. The average Bonchev–Trinajstić information content (AvgIpc) is 3.45. The van der Waals surface area contributed by atoms with Crippen molar-refractivity contribution in [3.05, 3.63) is 23.8 Å². The number of fused-ring (bicyclic) bond motifs is 3. The van der Waals surface area contributed by atoms with Crippen molar-refractivity contribution in [2.24, 2.45) is 11.3 Å². The second-order valence-electron chi connectivity index (χ2n) is 13.0. The lowest BCUT2D eigenvalue weighted by atomic mass is 9.83. The molecule has 44 heavy (non-hydrogen) atoms. The Balaban J connectivity index is 1.56. The Hall–Kier alpha value is -3.76. The highest BCUT2D eigenvalue weighted by atomic mass is 16.6. The van der Waals surface area contributed by atoms with E-state index in [2.05, 4.69) is 24.1 Å². The second kappa shape index (κ2) is 13.5. The number of benzene rings is 1. The van der Waals surface area contributed by atoms with Gasteiger partial charge in [-0.25, -0.2) is 14.6 Å². The number of amides is 2. The molecule has 1 aromatic carbocycles. The number of aryl methyl sites for hydroxylation is 1. The molecule has 1 N–H and O–H groups in total. The van der Waals surface area contributed by atoms with Crippen molar-refractivity contribution in [2.75, 3.05) is 34.5 Å². The van der Waals surface area contributed by atoms with E-state index in [-0.39, 0.29) is 36.8 Å². The van der Waals surface area contributed by atoms with Crippen LogP contribution in [0.25, 0.3) is 10.9 Å². The number of rotatable bonds is 4. The van der Waals surface area contributed by atoms with Crippen LogP contribution in [0.1, 0.15) is 70.8 Å². The molecule has 0 spiro atoms. The van der Waals surface area contributed by atoms with E-state index in [1.165, 1.54) is 12.0 Å². The maximum absolute atomic E-state index is 14.3. The minimum absolute atomic E-state index is 0.0533. The first-order valence-corrected chi connectivity index (χ1v) is 15.7. The van der Waals surface area contributed by atoms with Crippen LogP contribution in [0.15, 0.2) is 18.2 Å². The molecule has 1 aliphatic carbocycles. The molecule has 2 aromatic rings. The van der Waals surface area contributed by atoms with Crippen LogP contribution in [0.3, 0.4) is 0 Å². The van der Waals surface area contributed by atoms with Crippen molar-refractivity contribution in [2.45, 2.75) is 89.8 Å². The van der Waals surface area contributed by atoms with Crippen LogP contribution in [-0.2, 0) is 25.5 Å². The van der Waals surface area contributed by atoms with Gasteiger partial charge in [0.25, 0.3) is 0 Å². The topological polar surface area (TPSA) is 126 Å². The number of carbonyl (C=O) groups excluding carboxylic acids is 3. The Morgan fingerprint density at radius 1 is 1.05 bits per heavy atom. The molecule has 3 heterocycles. The number of hydrogen-bond acceptors (Lipinski definition) is 9. The summed E-state index contributed by atoms with van der Waals surface area (Å²) < 4.78 is 28.6. The molecule has 0 unspecified atom stereocenters. The SMILES string of the molecule is COC(=O)[C@@H]1C[C@H]2CN1C(=O)[C@H](C1CCCCC1)NC(=O)OCC(C)(C)CCCc1cc3c(cc(OC)nc3cc1OC)O2. The van der Waals surface area contributed by atoms with Gasteiger partial charge in [-0.1, -0.05) is 33.1 Å². The van der Waals surface area contributed by atoms with Gasteiger partial charge < -0.3 is 33.9 Å². The number of ether oxygens (including phenoxy) is 5. The molecule has 4 bridgehead atoms. The highest BCUT2D eigenvalue weighted by Gasteiger charge is 2.45. The monoisotopic (exact) mass is 611 g/mol. The molecule has 5 rings (SSSR count).